The number of nitrogens with two attached hydrogens (primary N) is 1. The van der Waals surface area contributed by atoms with Crippen molar-refractivity contribution in [2.45, 2.75) is 30.7 Å². The molecule has 0 aromatic carbocycles. The van der Waals surface area contributed by atoms with Crippen LogP contribution in [0.4, 0.5) is 5.82 Å². The molecule has 0 saturated carbocycles. The fourth-order valence-corrected chi connectivity index (χ4v) is 2.06. The normalized spacial score (nSPS) is 11.8. The number of nitrogens with zero attached hydrogens (tertiary/aromatic N) is 3. The first-order chi connectivity index (χ1) is 7.80. The fraction of sp³-hybridized carbons (Fsp3) is 0.625. The number of aromatic nitrogens is 3. The predicted molar refractivity (Wildman–Crippen MR) is 60.8 cm³/mol. The van der Waals surface area contributed by atoms with E-state index in [1.807, 2.05) is 0 Å². The molecular weight excluding hydrogens is 246 g/mol. The van der Waals surface area contributed by atoms with Crippen LogP contribution in [0, 0.1) is 0 Å². The molecule has 1 rings (SSSR count). The first kappa shape index (κ1) is 13.4. The summed E-state index contributed by atoms with van der Waals surface area (Å²) in [4.78, 5) is 11.1. The molecule has 0 aliphatic rings. The van der Waals surface area contributed by atoms with Crippen LogP contribution in [-0.2, 0) is 21.2 Å². The Morgan fingerprint density at radius 3 is 2.59 bits per heavy atom. The molecule has 0 radical (unpaired) electrons. The number of hydrogen-bond acceptors (Lipinski definition) is 6. The molecule has 1 amide bonds. The van der Waals surface area contributed by atoms with Crippen molar-refractivity contribution < 1.29 is 13.2 Å². The average Bonchev–Trinajstić information content (AvgIpc) is 2.60. The molecule has 0 aliphatic carbocycles. The van der Waals surface area contributed by atoms with Gasteiger partial charge in [-0.3, -0.25) is 4.79 Å². The largest absolute Gasteiger partial charge is 0.381 e. The zero-order valence-corrected chi connectivity index (χ0v) is 10.7. The first-order valence-electron chi connectivity index (χ1n) is 4.94. The summed E-state index contributed by atoms with van der Waals surface area (Å²) in [6.45, 7) is 2.88. The molecule has 96 valence electrons. The van der Waals surface area contributed by atoms with Crippen molar-refractivity contribution in [3.63, 3.8) is 0 Å². The highest BCUT2D eigenvalue weighted by Gasteiger charge is 2.27. The minimum absolute atomic E-state index is 0.123. The lowest BCUT2D eigenvalue weighted by atomic mass is 10.6. The lowest BCUT2D eigenvalue weighted by Gasteiger charge is -2.05. The molecule has 0 atom stereocenters. The molecule has 1 heterocycles. The molecule has 0 spiro atoms. The number of rotatable bonds is 4. The second-order valence-electron chi connectivity index (χ2n) is 3.70. The average molecular weight is 261 g/mol. The number of amides is 1. The standard InChI is InChI=1S/C8H15N5O3S/c1-5(2)17(15,16)8-7(9)13(12-11-8)4-6(14)10-3/h5H,4,9H2,1-3H3,(H,10,14). The molecule has 1 aromatic rings. The molecule has 9 heteroatoms. The highest BCUT2D eigenvalue weighted by atomic mass is 32.2. The monoisotopic (exact) mass is 261 g/mol. The Kier molecular flexibility index (Phi) is 3.71. The van der Waals surface area contributed by atoms with Crippen molar-refractivity contribution in [3.05, 3.63) is 0 Å². The number of anilines is 1. The van der Waals surface area contributed by atoms with E-state index in [9.17, 15) is 13.2 Å². The lowest BCUT2D eigenvalue weighted by molar-refractivity contribution is -0.121. The minimum atomic E-state index is -3.58. The third-order valence-electron chi connectivity index (χ3n) is 2.20. The molecule has 17 heavy (non-hydrogen) atoms. The van der Waals surface area contributed by atoms with Crippen molar-refractivity contribution in [3.8, 4) is 0 Å². The van der Waals surface area contributed by atoms with Gasteiger partial charge in [-0.05, 0) is 13.8 Å². The summed E-state index contributed by atoms with van der Waals surface area (Å²) in [5.41, 5.74) is 5.61. The number of carbonyl (C=O) groups is 1. The molecule has 1 aromatic heterocycles. The van der Waals surface area contributed by atoms with E-state index < -0.39 is 15.1 Å². The minimum Gasteiger partial charge on any atom is -0.381 e. The van der Waals surface area contributed by atoms with Crippen LogP contribution < -0.4 is 11.1 Å². The summed E-state index contributed by atoms with van der Waals surface area (Å²) >= 11 is 0. The van der Waals surface area contributed by atoms with E-state index in [0.717, 1.165) is 4.68 Å². The topological polar surface area (TPSA) is 120 Å². The Bertz CT molecular complexity index is 519. The van der Waals surface area contributed by atoms with Gasteiger partial charge in [0, 0.05) is 7.05 Å². The second-order valence-corrected chi connectivity index (χ2v) is 6.12. The lowest BCUT2D eigenvalue weighted by Crippen LogP contribution is -2.25. The van der Waals surface area contributed by atoms with Crippen LogP contribution in [0.5, 0.6) is 0 Å². The van der Waals surface area contributed by atoms with Gasteiger partial charge in [0.1, 0.15) is 6.54 Å². The van der Waals surface area contributed by atoms with Gasteiger partial charge in [-0.2, -0.15) is 0 Å². The smallest absolute Gasteiger partial charge is 0.241 e. The third kappa shape index (κ3) is 2.54. The first-order valence-corrected chi connectivity index (χ1v) is 6.48. The van der Waals surface area contributed by atoms with Gasteiger partial charge in [0.05, 0.1) is 5.25 Å². The zero-order chi connectivity index (χ0) is 13.2. The van der Waals surface area contributed by atoms with Crippen molar-refractivity contribution in [2.24, 2.45) is 0 Å². The van der Waals surface area contributed by atoms with E-state index in [1.54, 1.807) is 0 Å². The van der Waals surface area contributed by atoms with Crippen LogP contribution >= 0.6 is 0 Å². The highest BCUT2D eigenvalue weighted by Crippen LogP contribution is 2.19. The summed E-state index contributed by atoms with van der Waals surface area (Å²) < 4.78 is 24.7. The summed E-state index contributed by atoms with van der Waals surface area (Å²) in [7, 11) is -2.12. The quantitative estimate of drug-likeness (QED) is 0.701. The van der Waals surface area contributed by atoms with Gasteiger partial charge in [-0.15, -0.1) is 5.10 Å². The van der Waals surface area contributed by atoms with Crippen LogP contribution in [-0.4, -0.2) is 41.6 Å². The SMILES string of the molecule is CNC(=O)Cn1nnc(S(=O)(=O)C(C)C)c1N. The van der Waals surface area contributed by atoms with E-state index in [1.165, 1.54) is 20.9 Å². The number of nitrogens with one attached hydrogen (secondary N) is 1. The van der Waals surface area contributed by atoms with Crippen LogP contribution in [0.15, 0.2) is 5.03 Å². The van der Waals surface area contributed by atoms with Gasteiger partial charge in [0.2, 0.25) is 20.8 Å². The van der Waals surface area contributed by atoms with E-state index in [-0.39, 0.29) is 23.3 Å². The van der Waals surface area contributed by atoms with Crippen molar-refractivity contribution in [2.75, 3.05) is 12.8 Å². The van der Waals surface area contributed by atoms with Gasteiger partial charge in [-0.1, -0.05) is 5.21 Å². The van der Waals surface area contributed by atoms with E-state index in [0.29, 0.717) is 0 Å². The summed E-state index contributed by atoms with van der Waals surface area (Å²) in [5, 5.41) is 8.52. The predicted octanol–water partition coefficient (Wildman–Crippen LogP) is -1.21. The van der Waals surface area contributed by atoms with Crippen LogP contribution in [0.1, 0.15) is 13.8 Å². The van der Waals surface area contributed by atoms with Gasteiger partial charge in [-0.25, -0.2) is 13.1 Å². The fourth-order valence-electron chi connectivity index (χ4n) is 1.06. The van der Waals surface area contributed by atoms with Crippen molar-refractivity contribution in [1.29, 1.82) is 0 Å². The number of hydrogen-bond donors (Lipinski definition) is 2. The molecular formula is C8H15N5O3S. The maximum Gasteiger partial charge on any atom is 0.241 e. The van der Waals surface area contributed by atoms with E-state index in [4.69, 9.17) is 5.73 Å². The molecule has 0 aliphatic heterocycles. The van der Waals surface area contributed by atoms with E-state index >= 15 is 0 Å². The Labute approximate surface area is 99.1 Å². The highest BCUT2D eigenvalue weighted by molar-refractivity contribution is 7.92. The Morgan fingerprint density at radius 2 is 2.12 bits per heavy atom. The zero-order valence-electron chi connectivity index (χ0n) is 9.84. The number of likely N-dealkylation sites (N-methyl/N-ethyl adjacent to an activating group) is 1. The molecule has 8 nitrogen and oxygen atoms in total. The van der Waals surface area contributed by atoms with Gasteiger partial charge >= 0.3 is 0 Å². The van der Waals surface area contributed by atoms with Crippen molar-refractivity contribution >= 4 is 21.6 Å². The molecule has 0 saturated heterocycles. The summed E-state index contributed by atoms with van der Waals surface area (Å²) in [6.07, 6.45) is 0. The maximum atomic E-state index is 11.8. The molecule has 0 unspecified atom stereocenters. The van der Waals surface area contributed by atoms with E-state index in [2.05, 4.69) is 15.6 Å². The van der Waals surface area contributed by atoms with Crippen LogP contribution in [0.3, 0.4) is 0 Å². The van der Waals surface area contributed by atoms with Crippen LogP contribution in [0.25, 0.3) is 0 Å². The summed E-state index contributed by atoms with van der Waals surface area (Å²) in [5.74, 6) is -0.461. The molecule has 0 fully saturated rings. The van der Waals surface area contributed by atoms with Crippen LogP contribution in [0.2, 0.25) is 0 Å². The number of nitrogen functional groups attached to an aromatic ring is 1. The van der Waals surface area contributed by atoms with Gasteiger partial charge in [0.15, 0.2) is 5.82 Å². The number of carbonyl (C=O) groups excluding carboxylic acids is 1. The van der Waals surface area contributed by atoms with Crippen molar-refractivity contribution in [1.82, 2.24) is 20.3 Å². The number of sulfone groups is 1. The van der Waals surface area contributed by atoms with Gasteiger partial charge < -0.3 is 11.1 Å². The molecule has 0 bridgehead atoms. The molecule has 3 N–H and O–H groups in total. The maximum absolute atomic E-state index is 11.8. The summed E-state index contributed by atoms with van der Waals surface area (Å²) in [6, 6.07) is 0. The second kappa shape index (κ2) is 4.70. The third-order valence-corrected chi connectivity index (χ3v) is 4.27. The Hall–Kier alpha value is -1.64. The Morgan fingerprint density at radius 1 is 1.53 bits per heavy atom. The van der Waals surface area contributed by atoms with Gasteiger partial charge in [0.25, 0.3) is 0 Å². The Balaban J connectivity index is 3.12.